The molecule has 1 heterocycles. The molecular weight excluding hydrogens is 370 g/mol. The molecule has 0 aliphatic carbocycles. The summed E-state index contributed by atoms with van der Waals surface area (Å²) in [4.78, 5) is 27.4. The highest BCUT2D eigenvalue weighted by atomic mass is 32.2. The van der Waals surface area contributed by atoms with E-state index in [1.54, 1.807) is 28.8 Å². The molecule has 4 nitrogen and oxygen atoms in total. The summed E-state index contributed by atoms with van der Waals surface area (Å²) in [6.45, 7) is 4.35. The quantitative estimate of drug-likeness (QED) is 0.532. The van der Waals surface area contributed by atoms with Gasteiger partial charge in [-0.2, -0.15) is 0 Å². The van der Waals surface area contributed by atoms with Crippen molar-refractivity contribution in [2.24, 2.45) is 5.92 Å². The maximum atomic E-state index is 13.1. The van der Waals surface area contributed by atoms with E-state index in [-0.39, 0.29) is 23.2 Å². The molecule has 2 unspecified atom stereocenters. The Bertz CT molecular complexity index is 820. The highest BCUT2D eigenvalue weighted by Gasteiger charge is 2.42. The average molecular weight is 396 g/mol. The summed E-state index contributed by atoms with van der Waals surface area (Å²) in [5.74, 6) is 0.266. The maximum absolute atomic E-state index is 13.1. The Hall–Kier alpha value is -2.53. The Morgan fingerprint density at radius 1 is 1.11 bits per heavy atom. The van der Waals surface area contributed by atoms with Crippen LogP contribution in [-0.4, -0.2) is 35.2 Å². The minimum atomic E-state index is -0.582. The number of ether oxygens (including phenoxy) is 1. The van der Waals surface area contributed by atoms with Gasteiger partial charge >= 0.3 is 5.97 Å². The number of hydrogen-bond acceptors (Lipinski definition) is 4. The molecule has 1 saturated heterocycles. The van der Waals surface area contributed by atoms with Crippen molar-refractivity contribution in [2.45, 2.75) is 25.3 Å². The fourth-order valence-corrected chi connectivity index (χ4v) is 4.42. The molecular formula is C23H25NO3S. The first-order valence-electron chi connectivity index (χ1n) is 9.45. The number of carbonyl (C=O) groups is 2. The van der Waals surface area contributed by atoms with Crippen LogP contribution in [-0.2, 0) is 14.3 Å². The van der Waals surface area contributed by atoms with Gasteiger partial charge in [0.1, 0.15) is 11.4 Å². The molecule has 0 radical (unpaired) electrons. The molecule has 0 N–H and O–H groups in total. The SMILES string of the molecule is CC(C)COC(=O)C1CSC(c2ccccc2)N1C(=O)/C=C/c1ccccc1. The second-order valence-electron chi connectivity index (χ2n) is 7.13. The summed E-state index contributed by atoms with van der Waals surface area (Å²) in [6, 6.07) is 18.9. The van der Waals surface area contributed by atoms with Crippen LogP contribution in [0.25, 0.3) is 6.08 Å². The van der Waals surface area contributed by atoms with Gasteiger partial charge in [-0.05, 0) is 23.1 Å². The zero-order valence-corrected chi connectivity index (χ0v) is 17.0. The van der Waals surface area contributed by atoms with Gasteiger partial charge in [0.25, 0.3) is 0 Å². The van der Waals surface area contributed by atoms with Crippen molar-refractivity contribution >= 4 is 29.7 Å². The summed E-state index contributed by atoms with van der Waals surface area (Å²) in [6.07, 6.45) is 3.32. The van der Waals surface area contributed by atoms with Gasteiger partial charge in [-0.1, -0.05) is 74.5 Å². The van der Waals surface area contributed by atoms with E-state index in [1.165, 1.54) is 0 Å². The summed E-state index contributed by atoms with van der Waals surface area (Å²) in [5.41, 5.74) is 1.95. The third-order valence-electron chi connectivity index (χ3n) is 4.39. The molecule has 5 heteroatoms. The molecule has 2 aromatic carbocycles. The monoisotopic (exact) mass is 395 g/mol. The molecule has 1 fully saturated rings. The van der Waals surface area contributed by atoms with Gasteiger partial charge in [-0.15, -0.1) is 11.8 Å². The largest absolute Gasteiger partial charge is 0.464 e. The van der Waals surface area contributed by atoms with E-state index in [9.17, 15) is 9.59 Å². The summed E-state index contributed by atoms with van der Waals surface area (Å²) in [5, 5.41) is -0.203. The Kier molecular flexibility index (Phi) is 6.93. The first-order valence-corrected chi connectivity index (χ1v) is 10.5. The average Bonchev–Trinajstić information content (AvgIpc) is 3.17. The van der Waals surface area contributed by atoms with E-state index >= 15 is 0 Å². The Morgan fingerprint density at radius 3 is 2.39 bits per heavy atom. The lowest BCUT2D eigenvalue weighted by molar-refractivity contribution is -0.153. The Morgan fingerprint density at radius 2 is 1.75 bits per heavy atom. The maximum Gasteiger partial charge on any atom is 0.329 e. The molecule has 0 spiro atoms. The zero-order chi connectivity index (χ0) is 19.9. The zero-order valence-electron chi connectivity index (χ0n) is 16.2. The molecule has 2 aromatic rings. The van der Waals surface area contributed by atoms with Crippen LogP contribution < -0.4 is 0 Å². The number of benzene rings is 2. The van der Waals surface area contributed by atoms with Crippen molar-refractivity contribution in [3.63, 3.8) is 0 Å². The first-order chi connectivity index (χ1) is 13.6. The fourth-order valence-electron chi connectivity index (χ4n) is 2.99. The van der Waals surface area contributed by atoms with E-state index in [0.29, 0.717) is 12.4 Å². The lowest BCUT2D eigenvalue weighted by atomic mass is 10.1. The van der Waals surface area contributed by atoms with Crippen LogP contribution in [0.4, 0.5) is 0 Å². The van der Waals surface area contributed by atoms with Gasteiger partial charge in [0.2, 0.25) is 5.91 Å². The van der Waals surface area contributed by atoms with Crippen LogP contribution >= 0.6 is 11.8 Å². The van der Waals surface area contributed by atoms with Crippen LogP contribution in [0.5, 0.6) is 0 Å². The Balaban J connectivity index is 1.83. The van der Waals surface area contributed by atoms with E-state index in [4.69, 9.17) is 4.74 Å². The van der Waals surface area contributed by atoms with Crippen LogP contribution in [0, 0.1) is 5.92 Å². The van der Waals surface area contributed by atoms with Crippen molar-refractivity contribution < 1.29 is 14.3 Å². The second kappa shape index (κ2) is 9.60. The lowest BCUT2D eigenvalue weighted by Crippen LogP contribution is -2.43. The van der Waals surface area contributed by atoms with Gasteiger partial charge < -0.3 is 9.64 Å². The van der Waals surface area contributed by atoms with Crippen LogP contribution in [0.1, 0.15) is 30.3 Å². The van der Waals surface area contributed by atoms with Crippen LogP contribution in [0.3, 0.4) is 0 Å². The third kappa shape index (κ3) is 5.04. The third-order valence-corrected chi connectivity index (χ3v) is 5.71. The van der Waals surface area contributed by atoms with Gasteiger partial charge in [-0.25, -0.2) is 4.79 Å². The summed E-state index contributed by atoms with van der Waals surface area (Å²) < 4.78 is 5.44. The molecule has 1 aliphatic rings. The standard InChI is InChI=1S/C23H25NO3S/c1-17(2)15-27-23(26)20-16-28-22(19-11-7-4-8-12-19)24(20)21(25)14-13-18-9-5-3-6-10-18/h3-14,17,20,22H,15-16H2,1-2H3/b14-13+. The molecule has 1 aliphatic heterocycles. The van der Waals surface area contributed by atoms with Gasteiger partial charge in [0, 0.05) is 11.8 Å². The molecule has 2 atom stereocenters. The molecule has 0 aromatic heterocycles. The number of thioether (sulfide) groups is 1. The van der Waals surface area contributed by atoms with Crippen molar-refractivity contribution in [2.75, 3.05) is 12.4 Å². The number of rotatable bonds is 6. The minimum absolute atomic E-state index is 0.186. The minimum Gasteiger partial charge on any atom is -0.464 e. The van der Waals surface area contributed by atoms with Gasteiger partial charge in [-0.3, -0.25) is 4.79 Å². The predicted molar refractivity (Wildman–Crippen MR) is 114 cm³/mol. The van der Waals surface area contributed by atoms with Crippen molar-refractivity contribution in [1.82, 2.24) is 4.90 Å². The predicted octanol–water partition coefficient (Wildman–Crippen LogP) is 4.54. The van der Waals surface area contributed by atoms with Crippen LogP contribution in [0.15, 0.2) is 66.7 Å². The van der Waals surface area contributed by atoms with E-state index in [0.717, 1.165) is 11.1 Å². The number of esters is 1. The highest BCUT2D eigenvalue weighted by Crippen LogP contribution is 2.41. The highest BCUT2D eigenvalue weighted by molar-refractivity contribution is 7.99. The first kappa shape index (κ1) is 20.2. The Labute approximate surface area is 170 Å². The molecule has 146 valence electrons. The van der Waals surface area contributed by atoms with Gasteiger partial charge in [0.05, 0.1) is 6.61 Å². The topological polar surface area (TPSA) is 46.6 Å². The van der Waals surface area contributed by atoms with Crippen LogP contribution in [0.2, 0.25) is 0 Å². The summed E-state index contributed by atoms with van der Waals surface area (Å²) in [7, 11) is 0. The number of hydrogen-bond donors (Lipinski definition) is 0. The molecule has 1 amide bonds. The van der Waals surface area contributed by atoms with Crippen molar-refractivity contribution in [1.29, 1.82) is 0 Å². The summed E-state index contributed by atoms with van der Waals surface area (Å²) >= 11 is 1.59. The molecule has 28 heavy (non-hydrogen) atoms. The van der Waals surface area contributed by atoms with E-state index in [2.05, 4.69) is 0 Å². The lowest BCUT2D eigenvalue weighted by Gasteiger charge is -2.27. The van der Waals surface area contributed by atoms with Crippen molar-refractivity contribution in [3.05, 3.63) is 77.9 Å². The fraction of sp³-hybridized carbons (Fsp3) is 0.304. The van der Waals surface area contributed by atoms with E-state index < -0.39 is 6.04 Å². The molecule has 0 saturated carbocycles. The number of amides is 1. The van der Waals surface area contributed by atoms with Crippen molar-refractivity contribution in [3.8, 4) is 0 Å². The second-order valence-corrected chi connectivity index (χ2v) is 8.24. The molecule has 3 rings (SSSR count). The molecule has 0 bridgehead atoms. The van der Waals surface area contributed by atoms with E-state index in [1.807, 2.05) is 74.5 Å². The number of carbonyl (C=O) groups excluding carboxylic acids is 2. The normalized spacial score (nSPS) is 19.3. The number of nitrogens with zero attached hydrogens (tertiary/aromatic N) is 1. The smallest absolute Gasteiger partial charge is 0.329 e. The van der Waals surface area contributed by atoms with Gasteiger partial charge in [0.15, 0.2) is 0 Å².